The van der Waals surface area contributed by atoms with Gasteiger partial charge in [0.05, 0.1) is 11.4 Å². The molecule has 0 radical (unpaired) electrons. The summed E-state index contributed by atoms with van der Waals surface area (Å²) in [4.78, 5) is 53.0. The summed E-state index contributed by atoms with van der Waals surface area (Å²) < 4.78 is 5.64. The molecule has 1 aliphatic carbocycles. The van der Waals surface area contributed by atoms with Crippen LogP contribution in [0.4, 0.5) is 4.79 Å². The highest BCUT2D eigenvalue weighted by molar-refractivity contribution is 8.00. The van der Waals surface area contributed by atoms with Crippen LogP contribution in [0.5, 0.6) is 0 Å². The standard InChI is InChI=1S/C30H31N5O5S/c31-14-18(13-17-11-12-32-27(17)36)33-28(37)25-16-41-26-10-9-24(29(38)35(25)26)34-30(39)40-15-23-21-7-3-1-5-19(21)20-6-2-4-8-22(20)23/h1-8,17-18,23-26H,9-13,15-16H2,(H,32,36)(H,33,37)(H,34,39). The number of ether oxygens (including phenoxy) is 1. The average Bonchev–Trinajstić information content (AvgIpc) is 3.69. The van der Waals surface area contributed by atoms with E-state index in [0.29, 0.717) is 31.6 Å². The molecule has 3 fully saturated rings. The summed E-state index contributed by atoms with van der Waals surface area (Å²) in [7, 11) is 0. The van der Waals surface area contributed by atoms with Crippen LogP contribution >= 0.6 is 11.8 Å². The maximum Gasteiger partial charge on any atom is 0.407 e. The summed E-state index contributed by atoms with van der Waals surface area (Å²) in [6.45, 7) is 0.708. The Kier molecular flexibility index (Phi) is 7.58. The van der Waals surface area contributed by atoms with E-state index in [-0.39, 0.29) is 42.1 Å². The van der Waals surface area contributed by atoms with Crippen molar-refractivity contribution in [1.82, 2.24) is 20.9 Å². The Labute approximate surface area is 242 Å². The summed E-state index contributed by atoms with van der Waals surface area (Å²) in [6, 6.07) is 15.8. The van der Waals surface area contributed by atoms with Crippen LogP contribution in [-0.2, 0) is 19.1 Å². The molecule has 3 heterocycles. The molecule has 5 unspecified atom stereocenters. The van der Waals surface area contributed by atoms with Crippen LogP contribution in [0.1, 0.15) is 42.7 Å². The fourth-order valence-corrected chi connectivity index (χ4v) is 7.81. The van der Waals surface area contributed by atoms with E-state index >= 15 is 0 Å². The molecular formula is C30H31N5O5S. The van der Waals surface area contributed by atoms with Crippen molar-refractivity contribution >= 4 is 35.6 Å². The van der Waals surface area contributed by atoms with Crippen molar-refractivity contribution in [2.75, 3.05) is 18.9 Å². The number of benzene rings is 2. The molecule has 6 rings (SSSR count). The molecular weight excluding hydrogens is 542 g/mol. The quantitative estimate of drug-likeness (QED) is 0.462. The van der Waals surface area contributed by atoms with Gasteiger partial charge in [0.15, 0.2) is 0 Å². The zero-order valence-electron chi connectivity index (χ0n) is 22.4. The molecule has 3 aliphatic heterocycles. The van der Waals surface area contributed by atoms with Gasteiger partial charge in [0.1, 0.15) is 24.7 Å². The first kappa shape index (κ1) is 27.1. The second kappa shape index (κ2) is 11.4. The molecule has 0 aromatic heterocycles. The third kappa shape index (κ3) is 5.24. The predicted molar refractivity (Wildman–Crippen MR) is 151 cm³/mol. The summed E-state index contributed by atoms with van der Waals surface area (Å²) in [5.74, 6) is -0.853. The largest absolute Gasteiger partial charge is 0.449 e. The summed E-state index contributed by atoms with van der Waals surface area (Å²) in [6.07, 6.45) is 1.26. The molecule has 0 bridgehead atoms. The third-order valence-electron chi connectivity index (χ3n) is 8.44. The lowest BCUT2D eigenvalue weighted by Crippen LogP contribution is -2.59. The van der Waals surface area contributed by atoms with E-state index in [9.17, 15) is 24.4 Å². The second-order valence-electron chi connectivity index (χ2n) is 10.9. The Bertz CT molecular complexity index is 1380. The summed E-state index contributed by atoms with van der Waals surface area (Å²) >= 11 is 1.52. The molecule has 11 heteroatoms. The molecule has 212 valence electrons. The zero-order chi connectivity index (χ0) is 28.5. The van der Waals surface area contributed by atoms with Crippen molar-refractivity contribution < 1.29 is 23.9 Å². The summed E-state index contributed by atoms with van der Waals surface area (Å²) in [5.41, 5.74) is 4.47. The molecule has 2 aromatic carbocycles. The van der Waals surface area contributed by atoms with Crippen LogP contribution in [0, 0.1) is 17.2 Å². The number of nitriles is 1. The Morgan fingerprint density at radius 1 is 1.07 bits per heavy atom. The number of hydrogen-bond acceptors (Lipinski definition) is 7. The van der Waals surface area contributed by atoms with E-state index in [4.69, 9.17) is 4.74 Å². The van der Waals surface area contributed by atoms with Crippen LogP contribution in [0.2, 0.25) is 0 Å². The van der Waals surface area contributed by atoms with Gasteiger partial charge in [0.25, 0.3) is 0 Å². The topological polar surface area (TPSA) is 141 Å². The van der Waals surface area contributed by atoms with Gasteiger partial charge in [-0.2, -0.15) is 5.26 Å². The van der Waals surface area contributed by atoms with Gasteiger partial charge in [-0.3, -0.25) is 14.4 Å². The number of nitrogens with one attached hydrogen (secondary N) is 3. The van der Waals surface area contributed by atoms with Crippen molar-refractivity contribution in [3.8, 4) is 17.2 Å². The highest BCUT2D eigenvalue weighted by Gasteiger charge is 2.47. The van der Waals surface area contributed by atoms with Crippen molar-refractivity contribution in [3.05, 3.63) is 59.7 Å². The van der Waals surface area contributed by atoms with E-state index in [1.165, 1.54) is 16.7 Å². The van der Waals surface area contributed by atoms with Gasteiger partial charge >= 0.3 is 6.09 Å². The van der Waals surface area contributed by atoms with Gasteiger partial charge in [-0.1, -0.05) is 48.5 Å². The number of amides is 4. The van der Waals surface area contributed by atoms with E-state index in [1.54, 1.807) is 0 Å². The Morgan fingerprint density at radius 2 is 1.78 bits per heavy atom. The number of rotatable bonds is 7. The number of fused-ring (bicyclic) bond motifs is 4. The smallest absolute Gasteiger partial charge is 0.407 e. The molecule has 0 saturated carbocycles. The second-order valence-corrected chi connectivity index (χ2v) is 12.1. The number of alkyl carbamates (subject to hydrolysis) is 1. The van der Waals surface area contributed by atoms with Gasteiger partial charge in [-0.25, -0.2) is 4.79 Å². The molecule has 4 aliphatic rings. The lowest BCUT2D eigenvalue weighted by molar-refractivity contribution is -0.143. The van der Waals surface area contributed by atoms with Crippen molar-refractivity contribution in [2.45, 2.75) is 55.1 Å². The lowest BCUT2D eigenvalue weighted by Gasteiger charge is -2.37. The lowest BCUT2D eigenvalue weighted by atomic mass is 9.98. The van der Waals surface area contributed by atoms with Crippen LogP contribution in [0.25, 0.3) is 11.1 Å². The minimum atomic E-state index is -0.824. The number of thioether (sulfide) groups is 1. The van der Waals surface area contributed by atoms with E-state index in [0.717, 1.165) is 22.3 Å². The van der Waals surface area contributed by atoms with Gasteiger partial charge in [-0.05, 0) is 47.9 Å². The van der Waals surface area contributed by atoms with Gasteiger partial charge < -0.3 is 25.6 Å². The van der Waals surface area contributed by atoms with E-state index < -0.39 is 30.1 Å². The first-order valence-electron chi connectivity index (χ1n) is 14.0. The first-order valence-corrected chi connectivity index (χ1v) is 15.0. The maximum atomic E-state index is 13.5. The SMILES string of the molecule is N#CC(CC1CCNC1=O)NC(=O)C1CSC2CCC(NC(=O)OCC3c4ccccc4-c4ccccc43)C(=O)N21. The third-order valence-corrected chi connectivity index (χ3v) is 9.80. The summed E-state index contributed by atoms with van der Waals surface area (Å²) in [5, 5.41) is 17.6. The molecule has 3 saturated heterocycles. The van der Waals surface area contributed by atoms with Gasteiger partial charge in [-0.15, -0.1) is 11.8 Å². The molecule has 3 N–H and O–H groups in total. The Hall–Kier alpha value is -4.04. The van der Waals surface area contributed by atoms with Crippen LogP contribution in [0.3, 0.4) is 0 Å². The monoisotopic (exact) mass is 573 g/mol. The molecule has 10 nitrogen and oxygen atoms in total. The maximum absolute atomic E-state index is 13.5. The molecule has 41 heavy (non-hydrogen) atoms. The molecule has 0 spiro atoms. The number of hydrogen-bond donors (Lipinski definition) is 3. The van der Waals surface area contributed by atoms with Crippen molar-refractivity contribution in [1.29, 1.82) is 5.26 Å². The van der Waals surface area contributed by atoms with Gasteiger partial charge in [0.2, 0.25) is 17.7 Å². The van der Waals surface area contributed by atoms with Crippen LogP contribution in [0.15, 0.2) is 48.5 Å². The van der Waals surface area contributed by atoms with Crippen LogP contribution in [-0.4, -0.2) is 71.1 Å². The van der Waals surface area contributed by atoms with E-state index in [2.05, 4.69) is 34.2 Å². The van der Waals surface area contributed by atoms with Crippen LogP contribution < -0.4 is 16.0 Å². The van der Waals surface area contributed by atoms with Crippen molar-refractivity contribution in [3.63, 3.8) is 0 Å². The Morgan fingerprint density at radius 3 is 2.44 bits per heavy atom. The highest BCUT2D eigenvalue weighted by Crippen LogP contribution is 2.44. The Balaban J connectivity index is 1.06. The fraction of sp³-hybridized carbons (Fsp3) is 0.433. The molecule has 5 atom stereocenters. The normalized spacial score (nSPS) is 25.4. The minimum Gasteiger partial charge on any atom is -0.449 e. The number of carbonyl (C=O) groups excluding carboxylic acids is 4. The first-order chi connectivity index (χ1) is 19.9. The number of carbonyl (C=O) groups is 4. The predicted octanol–water partition coefficient (Wildman–Crippen LogP) is 2.49. The highest BCUT2D eigenvalue weighted by atomic mass is 32.2. The van der Waals surface area contributed by atoms with E-state index in [1.807, 2.05) is 36.4 Å². The number of nitrogens with zero attached hydrogens (tertiary/aromatic N) is 2. The molecule has 4 amide bonds. The minimum absolute atomic E-state index is 0.0916. The zero-order valence-corrected chi connectivity index (χ0v) is 23.2. The van der Waals surface area contributed by atoms with Crippen molar-refractivity contribution in [2.24, 2.45) is 5.92 Å². The number of piperidine rings is 1. The van der Waals surface area contributed by atoms with Gasteiger partial charge in [0, 0.05) is 24.1 Å². The average molecular weight is 574 g/mol. The fourth-order valence-electron chi connectivity index (χ4n) is 6.38. The molecule has 2 aromatic rings.